The van der Waals surface area contributed by atoms with Gasteiger partial charge in [0.15, 0.2) is 0 Å². The molecule has 0 saturated carbocycles. The normalized spacial score (nSPS) is 13.8. The van der Waals surface area contributed by atoms with Crippen molar-refractivity contribution in [3.05, 3.63) is 12.2 Å². The van der Waals surface area contributed by atoms with Gasteiger partial charge >= 0.3 is 0 Å². The van der Waals surface area contributed by atoms with Crippen LogP contribution in [0.1, 0.15) is 34.1 Å². The average molecular weight is 205 g/mol. The molecule has 0 saturated heterocycles. The van der Waals surface area contributed by atoms with Crippen molar-refractivity contribution in [3.63, 3.8) is 0 Å². The van der Waals surface area contributed by atoms with E-state index >= 15 is 0 Å². The van der Waals surface area contributed by atoms with E-state index < -0.39 is 14.8 Å². The number of hydrogen-bond donors (Lipinski definition) is 1. The number of hydrogen-bond acceptors (Lipinski definition) is 2. The van der Waals surface area contributed by atoms with Crippen LogP contribution in [0.3, 0.4) is 0 Å². The Labute approximate surface area is 81.3 Å². The zero-order valence-corrected chi connectivity index (χ0v) is 9.61. The molecule has 0 aliphatic rings. The smallest absolute Gasteiger partial charge is 0.214 e. The molecule has 4 heteroatoms. The van der Waals surface area contributed by atoms with Crippen LogP contribution in [0.5, 0.6) is 0 Å². The van der Waals surface area contributed by atoms with Crippen LogP contribution < -0.4 is 4.72 Å². The number of allylic oxidation sites excluding steroid dienone is 1. The summed E-state index contributed by atoms with van der Waals surface area (Å²) in [7, 11) is -3.16. The third-order valence-corrected chi connectivity index (χ3v) is 3.84. The Morgan fingerprint density at radius 3 is 2.23 bits per heavy atom. The zero-order valence-electron chi connectivity index (χ0n) is 8.79. The lowest BCUT2D eigenvalue weighted by Gasteiger charge is -2.19. The Kier molecular flexibility index (Phi) is 4.64. The lowest BCUT2D eigenvalue weighted by Crippen LogP contribution is -2.39. The summed E-state index contributed by atoms with van der Waals surface area (Å²) in [6.45, 7) is 7.45. The van der Waals surface area contributed by atoms with Gasteiger partial charge in [-0.1, -0.05) is 12.2 Å². The maximum atomic E-state index is 11.5. The van der Waals surface area contributed by atoms with Crippen LogP contribution in [0.15, 0.2) is 12.2 Å². The molecule has 0 rings (SSSR count). The summed E-state index contributed by atoms with van der Waals surface area (Å²) < 4.78 is 24.8. The van der Waals surface area contributed by atoms with Crippen molar-refractivity contribution < 1.29 is 8.42 Å². The second-order valence-corrected chi connectivity index (χ2v) is 6.39. The number of rotatable bonds is 4. The predicted octanol–water partition coefficient (Wildman–Crippen LogP) is 1.67. The second kappa shape index (κ2) is 4.77. The van der Waals surface area contributed by atoms with Gasteiger partial charge in [0.1, 0.15) is 0 Å². The minimum Gasteiger partial charge on any atom is -0.214 e. The van der Waals surface area contributed by atoms with E-state index in [1.54, 1.807) is 20.8 Å². The first kappa shape index (κ1) is 12.7. The van der Waals surface area contributed by atoms with E-state index in [1.165, 1.54) is 0 Å². The molecule has 0 aromatic carbocycles. The predicted molar refractivity (Wildman–Crippen MR) is 56.1 cm³/mol. The van der Waals surface area contributed by atoms with Crippen LogP contribution in [0.4, 0.5) is 0 Å². The lowest BCUT2D eigenvalue weighted by molar-refractivity contribution is 0.545. The highest BCUT2D eigenvalue weighted by Crippen LogP contribution is 2.12. The summed E-state index contributed by atoms with van der Waals surface area (Å²) in [5.74, 6) is 0. The van der Waals surface area contributed by atoms with Crippen molar-refractivity contribution in [2.75, 3.05) is 6.54 Å². The Morgan fingerprint density at radius 1 is 1.31 bits per heavy atom. The van der Waals surface area contributed by atoms with Gasteiger partial charge in [-0.25, -0.2) is 13.1 Å². The van der Waals surface area contributed by atoms with Gasteiger partial charge in [0.05, 0.1) is 4.75 Å². The van der Waals surface area contributed by atoms with E-state index in [0.717, 1.165) is 6.42 Å². The summed E-state index contributed by atoms with van der Waals surface area (Å²) in [5.41, 5.74) is 0. The van der Waals surface area contributed by atoms with Crippen LogP contribution >= 0.6 is 0 Å². The quantitative estimate of drug-likeness (QED) is 0.560. The minimum atomic E-state index is -3.16. The first-order valence-electron chi connectivity index (χ1n) is 4.41. The SMILES string of the molecule is C/C=C/CCNS(=O)(=O)C(C)(C)C. The fourth-order valence-electron chi connectivity index (χ4n) is 0.660. The largest absolute Gasteiger partial charge is 0.216 e. The van der Waals surface area contributed by atoms with Crippen LogP contribution in [-0.2, 0) is 10.0 Å². The molecule has 3 nitrogen and oxygen atoms in total. The van der Waals surface area contributed by atoms with Crippen LogP contribution in [0.25, 0.3) is 0 Å². The molecule has 1 N–H and O–H groups in total. The Bertz CT molecular complexity index is 260. The third kappa shape index (κ3) is 4.43. The molecule has 0 amide bonds. The lowest BCUT2D eigenvalue weighted by atomic mass is 10.3. The van der Waals surface area contributed by atoms with Gasteiger partial charge in [-0.05, 0) is 34.1 Å². The van der Waals surface area contributed by atoms with Crippen molar-refractivity contribution in [2.24, 2.45) is 0 Å². The van der Waals surface area contributed by atoms with Gasteiger partial charge in [-0.3, -0.25) is 0 Å². The molecule has 0 aromatic heterocycles. The van der Waals surface area contributed by atoms with E-state index in [0.29, 0.717) is 6.54 Å². The summed E-state index contributed by atoms with van der Waals surface area (Å²) in [6, 6.07) is 0. The number of nitrogens with one attached hydrogen (secondary N) is 1. The molecule has 0 atom stereocenters. The molecular weight excluding hydrogens is 186 g/mol. The molecule has 0 heterocycles. The Morgan fingerprint density at radius 2 is 1.85 bits per heavy atom. The minimum absolute atomic E-state index is 0.476. The molecule has 0 aromatic rings. The van der Waals surface area contributed by atoms with Gasteiger partial charge < -0.3 is 0 Å². The molecule has 0 aliphatic heterocycles. The van der Waals surface area contributed by atoms with Crippen LogP contribution in [0, 0.1) is 0 Å². The van der Waals surface area contributed by atoms with Crippen molar-refractivity contribution in [1.82, 2.24) is 4.72 Å². The second-order valence-electron chi connectivity index (χ2n) is 3.87. The maximum Gasteiger partial charge on any atom is 0.216 e. The third-order valence-electron chi connectivity index (χ3n) is 1.64. The molecule has 78 valence electrons. The first-order valence-corrected chi connectivity index (χ1v) is 5.90. The van der Waals surface area contributed by atoms with Gasteiger partial charge in [0.2, 0.25) is 10.0 Å². The summed E-state index contributed by atoms with van der Waals surface area (Å²) >= 11 is 0. The van der Waals surface area contributed by atoms with Crippen LogP contribution in [0.2, 0.25) is 0 Å². The van der Waals surface area contributed by atoms with Crippen molar-refractivity contribution >= 4 is 10.0 Å². The van der Waals surface area contributed by atoms with E-state index in [9.17, 15) is 8.42 Å². The molecular formula is C9H19NO2S. The first-order chi connectivity index (χ1) is 5.81. The topological polar surface area (TPSA) is 46.2 Å². The monoisotopic (exact) mass is 205 g/mol. The van der Waals surface area contributed by atoms with Crippen molar-refractivity contribution in [3.8, 4) is 0 Å². The molecule has 0 unspecified atom stereocenters. The summed E-state index contributed by atoms with van der Waals surface area (Å²) in [5, 5.41) is 0. The Balaban J connectivity index is 4.07. The molecule has 13 heavy (non-hydrogen) atoms. The highest BCUT2D eigenvalue weighted by molar-refractivity contribution is 7.90. The fraction of sp³-hybridized carbons (Fsp3) is 0.778. The fourth-order valence-corrected chi connectivity index (χ4v) is 1.48. The van der Waals surface area contributed by atoms with E-state index in [1.807, 2.05) is 19.1 Å². The van der Waals surface area contributed by atoms with Crippen LogP contribution in [-0.4, -0.2) is 19.7 Å². The molecule has 0 bridgehead atoms. The van der Waals surface area contributed by atoms with Crippen molar-refractivity contribution in [2.45, 2.75) is 38.9 Å². The zero-order chi connectivity index (χ0) is 10.5. The Hall–Kier alpha value is -0.350. The molecule has 0 spiro atoms. The molecule has 0 radical (unpaired) electrons. The summed E-state index contributed by atoms with van der Waals surface area (Å²) in [6.07, 6.45) is 4.59. The van der Waals surface area contributed by atoms with E-state index in [2.05, 4.69) is 4.72 Å². The molecule has 0 fully saturated rings. The van der Waals surface area contributed by atoms with Crippen molar-refractivity contribution in [1.29, 1.82) is 0 Å². The highest BCUT2D eigenvalue weighted by atomic mass is 32.2. The number of sulfonamides is 1. The molecule has 0 aliphatic carbocycles. The van der Waals surface area contributed by atoms with Gasteiger partial charge in [-0.2, -0.15) is 0 Å². The standard InChI is InChI=1S/C9H19NO2S/c1-5-6-7-8-10-13(11,12)9(2,3)4/h5-6,10H,7-8H2,1-4H3/b6-5+. The highest BCUT2D eigenvalue weighted by Gasteiger charge is 2.27. The van der Waals surface area contributed by atoms with Gasteiger partial charge in [0, 0.05) is 6.54 Å². The van der Waals surface area contributed by atoms with E-state index in [4.69, 9.17) is 0 Å². The van der Waals surface area contributed by atoms with E-state index in [-0.39, 0.29) is 0 Å². The summed E-state index contributed by atoms with van der Waals surface area (Å²) in [4.78, 5) is 0. The van der Waals surface area contributed by atoms with Gasteiger partial charge in [-0.15, -0.1) is 0 Å². The van der Waals surface area contributed by atoms with Gasteiger partial charge in [0.25, 0.3) is 0 Å². The maximum absolute atomic E-state index is 11.5. The average Bonchev–Trinajstić information content (AvgIpc) is 1.96.